The monoisotopic (exact) mass is 214 g/mol. The number of β-amino-alcohol motifs (C(OH)–C–C–N with tert-alkyl or cyclic N) is 1. The van der Waals surface area contributed by atoms with Gasteiger partial charge < -0.3 is 14.8 Å². The molecule has 1 fully saturated rings. The number of hydrogen-bond acceptors (Lipinski definition) is 4. The van der Waals surface area contributed by atoms with Crippen molar-refractivity contribution in [2.45, 2.75) is 39.2 Å². The Bertz CT molecular complexity index is 197. The summed E-state index contributed by atoms with van der Waals surface area (Å²) in [5.74, 6) is 0. The zero-order chi connectivity index (χ0) is 11.1. The van der Waals surface area contributed by atoms with Gasteiger partial charge in [-0.2, -0.15) is 0 Å². The third-order valence-corrected chi connectivity index (χ3v) is 2.43. The maximum Gasteiger partial charge on any atom is 0.144 e. The highest BCUT2D eigenvalue weighted by molar-refractivity contribution is 5.78. The number of piperidine rings is 1. The summed E-state index contributed by atoms with van der Waals surface area (Å²) in [6.07, 6.45) is 3.40. The molecule has 0 aromatic heterocycles. The Hall–Kier alpha value is -0.610. The van der Waals surface area contributed by atoms with E-state index >= 15 is 0 Å². The van der Waals surface area contributed by atoms with Crippen LogP contribution in [-0.2, 0) is 4.84 Å². The molecule has 88 valence electrons. The second-order valence-corrected chi connectivity index (χ2v) is 4.35. The third kappa shape index (κ3) is 5.74. The third-order valence-electron chi connectivity index (χ3n) is 2.43. The Labute approximate surface area is 91.9 Å². The first kappa shape index (κ1) is 12.5. The molecule has 4 heteroatoms. The molecule has 0 spiro atoms. The van der Waals surface area contributed by atoms with Crippen molar-refractivity contribution in [3.05, 3.63) is 0 Å². The molecule has 1 unspecified atom stereocenters. The van der Waals surface area contributed by atoms with Crippen molar-refractivity contribution in [1.29, 1.82) is 0 Å². The smallest absolute Gasteiger partial charge is 0.144 e. The fraction of sp³-hybridized carbons (Fsp3) is 0.909. The molecule has 0 aromatic rings. The predicted molar refractivity (Wildman–Crippen MR) is 61.0 cm³/mol. The number of rotatable bonds is 5. The number of aliphatic hydroxyl groups is 1. The lowest BCUT2D eigenvalue weighted by atomic mass is 10.1. The summed E-state index contributed by atoms with van der Waals surface area (Å²) >= 11 is 0. The normalized spacial score (nSPS) is 19.7. The van der Waals surface area contributed by atoms with Crippen LogP contribution in [0.5, 0.6) is 0 Å². The number of oxime groups is 1. The Kier molecular flexibility index (Phi) is 5.65. The number of hydrogen-bond donors (Lipinski definition) is 1. The molecule has 1 atom stereocenters. The van der Waals surface area contributed by atoms with Gasteiger partial charge in [0.15, 0.2) is 0 Å². The van der Waals surface area contributed by atoms with E-state index in [0.29, 0.717) is 13.2 Å². The van der Waals surface area contributed by atoms with E-state index in [1.54, 1.807) is 0 Å². The number of likely N-dealkylation sites (tertiary alicyclic amines) is 1. The number of nitrogens with zero attached hydrogens (tertiary/aromatic N) is 2. The average Bonchev–Trinajstić information content (AvgIpc) is 2.18. The quantitative estimate of drug-likeness (QED) is 0.553. The minimum Gasteiger partial charge on any atom is -0.393 e. The maximum atomic E-state index is 9.68. The summed E-state index contributed by atoms with van der Waals surface area (Å²) in [5.41, 5.74) is 0.875. The highest BCUT2D eigenvalue weighted by Crippen LogP contribution is 2.08. The summed E-state index contributed by atoms with van der Waals surface area (Å²) in [4.78, 5) is 7.30. The zero-order valence-corrected chi connectivity index (χ0v) is 9.78. The van der Waals surface area contributed by atoms with Crippen LogP contribution < -0.4 is 0 Å². The number of aliphatic hydroxyl groups excluding tert-OH is 1. The van der Waals surface area contributed by atoms with Gasteiger partial charge in [0, 0.05) is 6.54 Å². The van der Waals surface area contributed by atoms with Gasteiger partial charge in [-0.15, -0.1) is 0 Å². The van der Waals surface area contributed by atoms with Crippen molar-refractivity contribution < 1.29 is 9.94 Å². The first-order valence-corrected chi connectivity index (χ1v) is 5.72. The molecule has 0 aromatic carbocycles. The van der Waals surface area contributed by atoms with Crippen molar-refractivity contribution in [2.75, 3.05) is 26.2 Å². The van der Waals surface area contributed by atoms with Crippen molar-refractivity contribution in [1.82, 2.24) is 4.90 Å². The molecular formula is C11H22N2O2. The van der Waals surface area contributed by atoms with E-state index in [-0.39, 0.29) is 0 Å². The van der Waals surface area contributed by atoms with Crippen LogP contribution in [0, 0.1) is 0 Å². The summed E-state index contributed by atoms with van der Waals surface area (Å²) in [5, 5.41) is 13.5. The topological polar surface area (TPSA) is 45.1 Å². The maximum absolute atomic E-state index is 9.68. The van der Waals surface area contributed by atoms with Crippen LogP contribution in [0.2, 0.25) is 0 Å². The summed E-state index contributed by atoms with van der Waals surface area (Å²) in [7, 11) is 0. The molecule has 1 saturated heterocycles. The van der Waals surface area contributed by atoms with Gasteiger partial charge in [0.25, 0.3) is 0 Å². The van der Waals surface area contributed by atoms with E-state index in [1.807, 2.05) is 13.8 Å². The van der Waals surface area contributed by atoms with Crippen LogP contribution >= 0.6 is 0 Å². The average molecular weight is 214 g/mol. The summed E-state index contributed by atoms with van der Waals surface area (Å²) in [6.45, 7) is 6.95. The SMILES string of the molecule is CC(C)=NOCC(O)CN1CCCCC1. The van der Waals surface area contributed by atoms with Crippen LogP contribution in [0.25, 0.3) is 0 Å². The molecule has 1 N–H and O–H groups in total. The Morgan fingerprint density at radius 2 is 2.00 bits per heavy atom. The minimum atomic E-state index is -0.425. The van der Waals surface area contributed by atoms with E-state index in [1.165, 1.54) is 19.3 Å². The summed E-state index contributed by atoms with van der Waals surface area (Å²) < 4.78 is 0. The first-order valence-electron chi connectivity index (χ1n) is 5.72. The molecule has 15 heavy (non-hydrogen) atoms. The van der Waals surface area contributed by atoms with E-state index in [4.69, 9.17) is 4.84 Å². The minimum absolute atomic E-state index is 0.293. The fourth-order valence-electron chi connectivity index (χ4n) is 1.75. The van der Waals surface area contributed by atoms with Crippen LogP contribution in [0.3, 0.4) is 0 Å². The van der Waals surface area contributed by atoms with Gasteiger partial charge in [0.2, 0.25) is 0 Å². The lowest BCUT2D eigenvalue weighted by molar-refractivity contribution is 0.0157. The van der Waals surface area contributed by atoms with E-state index in [9.17, 15) is 5.11 Å². The molecule has 0 saturated carbocycles. The standard InChI is InChI=1S/C11H22N2O2/c1-10(2)12-15-9-11(14)8-13-6-4-3-5-7-13/h11,14H,3-9H2,1-2H3. The molecule has 0 aliphatic carbocycles. The molecule has 0 radical (unpaired) electrons. The molecule has 1 rings (SSSR count). The second kappa shape index (κ2) is 6.80. The van der Waals surface area contributed by atoms with Crippen LogP contribution in [0.1, 0.15) is 33.1 Å². The molecule has 1 aliphatic heterocycles. The Balaban J connectivity index is 2.11. The first-order chi connectivity index (χ1) is 7.18. The van der Waals surface area contributed by atoms with Crippen molar-refractivity contribution in [3.8, 4) is 0 Å². The van der Waals surface area contributed by atoms with Gasteiger partial charge in [-0.25, -0.2) is 0 Å². The molecule has 0 amide bonds. The van der Waals surface area contributed by atoms with E-state index < -0.39 is 6.10 Å². The second-order valence-electron chi connectivity index (χ2n) is 4.35. The predicted octanol–water partition coefficient (Wildman–Crippen LogP) is 1.25. The van der Waals surface area contributed by atoms with E-state index in [0.717, 1.165) is 18.8 Å². The Morgan fingerprint density at radius 3 is 2.60 bits per heavy atom. The van der Waals surface area contributed by atoms with Crippen molar-refractivity contribution >= 4 is 5.71 Å². The van der Waals surface area contributed by atoms with Crippen molar-refractivity contribution in [2.24, 2.45) is 5.16 Å². The van der Waals surface area contributed by atoms with Crippen LogP contribution in [0.4, 0.5) is 0 Å². The molecule has 1 heterocycles. The largest absolute Gasteiger partial charge is 0.393 e. The van der Waals surface area contributed by atoms with Crippen LogP contribution in [0.15, 0.2) is 5.16 Å². The zero-order valence-electron chi connectivity index (χ0n) is 9.78. The molecule has 4 nitrogen and oxygen atoms in total. The van der Waals surface area contributed by atoms with Gasteiger partial charge in [-0.1, -0.05) is 11.6 Å². The molecule has 0 bridgehead atoms. The Morgan fingerprint density at radius 1 is 1.33 bits per heavy atom. The van der Waals surface area contributed by atoms with Gasteiger partial charge in [-0.3, -0.25) is 0 Å². The lowest BCUT2D eigenvalue weighted by Gasteiger charge is -2.27. The van der Waals surface area contributed by atoms with Gasteiger partial charge in [0.1, 0.15) is 12.7 Å². The van der Waals surface area contributed by atoms with Gasteiger partial charge in [0.05, 0.1) is 5.71 Å². The highest BCUT2D eigenvalue weighted by Gasteiger charge is 2.14. The molecule has 1 aliphatic rings. The van der Waals surface area contributed by atoms with Gasteiger partial charge in [-0.05, 0) is 39.8 Å². The van der Waals surface area contributed by atoms with Gasteiger partial charge >= 0.3 is 0 Å². The lowest BCUT2D eigenvalue weighted by Crippen LogP contribution is -2.37. The van der Waals surface area contributed by atoms with E-state index in [2.05, 4.69) is 10.1 Å². The summed E-state index contributed by atoms with van der Waals surface area (Å²) in [6, 6.07) is 0. The van der Waals surface area contributed by atoms with Crippen LogP contribution in [-0.4, -0.2) is 48.1 Å². The fourth-order valence-corrected chi connectivity index (χ4v) is 1.75. The molecular weight excluding hydrogens is 192 g/mol. The highest BCUT2D eigenvalue weighted by atomic mass is 16.6. The van der Waals surface area contributed by atoms with Crippen molar-refractivity contribution in [3.63, 3.8) is 0 Å².